The van der Waals surface area contributed by atoms with Gasteiger partial charge in [-0.1, -0.05) is 12.1 Å². The van der Waals surface area contributed by atoms with Gasteiger partial charge in [0.15, 0.2) is 0 Å². The number of hydrogen-bond acceptors (Lipinski definition) is 5. The van der Waals surface area contributed by atoms with Crippen LogP contribution in [0.3, 0.4) is 0 Å². The van der Waals surface area contributed by atoms with Crippen molar-refractivity contribution in [3.63, 3.8) is 0 Å². The second-order valence-electron chi connectivity index (χ2n) is 7.10. The molecular weight excluding hydrogens is 400 g/mol. The lowest BCUT2D eigenvalue weighted by Gasteiger charge is -2.27. The molecule has 0 spiro atoms. The number of fused-ring (bicyclic) bond motifs is 1. The molecule has 1 amide bonds. The molecule has 160 valence electrons. The van der Waals surface area contributed by atoms with Crippen LogP contribution in [-0.4, -0.2) is 42.9 Å². The van der Waals surface area contributed by atoms with Crippen molar-refractivity contribution in [1.82, 2.24) is 4.57 Å². The molecule has 0 unspecified atom stereocenters. The van der Waals surface area contributed by atoms with Crippen molar-refractivity contribution in [2.75, 3.05) is 26.6 Å². The molecule has 3 aromatic rings. The zero-order valence-corrected chi connectivity index (χ0v) is 17.3. The van der Waals surface area contributed by atoms with Crippen LogP contribution >= 0.6 is 0 Å². The second-order valence-corrected chi connectivity index (χ2v) is 7.10. The van der Waals surface area contributed by atoms with Gasteiger partial charge in [-0.25, -0.2) is 4.79 Å². The number of hydrogen-bond donors (Lipinski definition) is 2. The number of benzene rings is 2. The largest absolute Gasteiger partial charge is 0.497 e. The summed E-state index contributed by atoms with van der Waals surface area (Å²) < 4.78 is 17.9. The topological polar surface area (TPSA) is 99.0 Å². The van der Waals surface area contributed by atoms with Gasteiger partial charge in [-0.3, -0.25) is 4.79 Å². The highest BCUT2D eigenvalue weighted by Crippen LogP contribution is 2.43. The molecule has 4 rings (SSSR count). The number of carbonyl (C=O) groups is 2. The fraction of sp³-hybridized carbons (Fsp3) is 0.217. The number of carbonyl (C=O) groups excluding carboxylic acids is 1. The Labute approximate surface area is 179 Å². The number of aromatic nitrogens is 1. The Morgan fingerprint density at radius 2 is 1.81 bits per heavy atom. The van der Waals surface area contributed by atoms with E-state index in [-0.39, 0.29) is 29.5 Å². The monoisotopic (exact) mass is 422 g/mol. The third-order valence-corrected chi connectivity index (χ3v) is 5.40. The molecule has 0 saturated heterocycles. The first-order valence-electron chi connectivity index (χ1n) is 9.61. The van der Waals surface area contributed by atoms with Crippen molar-refractivity contribution in [1.29, 1.82) is 0 Å². The Bertz CT molecular complexity index is 1170. The zero-order chi connectivity index (χ0) is 22.1. The van der Waals surface area contributed by atoms with Crippen LogP contribution < -0.4 is 19.5 Å². The molecule has 0 aliphatic carbocycles. The van der Waals surface area contributed by atoms with Gasteiger partial charge in [0.25, 0.3) is 0 Å². The smallest absolute Gasteiger partial charge is 0.339 e. The van der Waals surface area contributed by atoms with Gasteiger partial charge in [-0.05, 0) is 29.8 Å². The molecule has 1 aliphatic heterocycles. The number of carboxylic acids is 1. The average Bonchev–Trinajstić information content (AvgIpc) is 3.17. The fourth-order valence-corrected chi connectivity index (χ4v) is 3.95. The van der Waals surface area contributed by atoms with E-state index in [4.69, 9.17) is 14.2 Å². The first-order valence-corrected chi connectivity index (χ1v) is 9.61. The lowest BCUT2D eigenvalue weighted by atomic mass is 9.88. The van der Waals surface area contributed by atoms with Crippen LogP contribution in [0.2, 0.25) is 0 Å². The average molecular weight is 422 g/mol. The Kier molecular flexibility index (Phi) is 5.29. The summed E-state index contributed by atoms with van der Waals surface area (Å²) in [6.07, 6.45) is 1.68. The maximum Gasteiger partial charge on any atom is 0.339 e. The molecule has 0 saturated carbocycles. The minimum atomic E-state index is -1.13. The highest BCUT2D eigenvalue weighted by atomic mass is 16.5. The number of methoxy groups -OCH3 is 3. The van der Waals surface area contributed by atoms with E-state index in [1.54, 1.807) is 37.0 Å². The maximum atomic E-state index is 12.5. The number of ether oxygens (including phenoxy) is 3. The highest BCUT2D eigenvalue weighted by Gasteiger charge is 2.35. The highest BCUT2D eigenvalue weighted by molar-refractivity contribution is 6.04. The van der Waals surface area contributed by atoms with Crippen molar-refractivity contribution in [3.05, 3.63) is 65.5 Å². The van der Waals surface area contributed by atoms with E-state index in [1.165, 1.54) is 13.3 Å². The van der Waals surface area contributed by atoms with Crippen LogP contribution in [0.15, 0.2) is 48.7 Å². The van der Waals surface area contributed by atoms with Gasteiger partial charge in [-0.2, -0.15) is 0 Å². The predicted octanol–water partition coefficient (Wildman–Crippen LogP) is 3.68. The van der Waals surface area contributed by atoms with Crippen molar-refractivity contribution in [2.45, 2.75) is 12.3 Å². The summed E-state index contributed by atoms with van der Waals surface area (Å²) in [5, 5.41) is 12.6. The van der Waals surface area contributed by atoms with E-state index in [0.29, 0.717) is 28.6 Å². The maximum absolute atomic E-state index is 12.5. The van der Waals surface area contributed by atoms with Gasteiger partial charge in [0.1, 0.15) is 22.8 Å². The van der Waals surface area contributed by atoms with E-state index in [9.17, 15) is 14.7 Å². The van der Waals surface area contributed by atoms with Crippen LogP contribution in [-0.2, 0) is 4.79 Å². The molecule has 2 aromatic carbocycles. The van der Waals surface area contributed by atoms with Crippen molar-refractivity contribution >= 4 is 17.6 Å². The molecular formula is C23H22N2O6. The molecule has 2 N–H and O–H groups in total. The van der Waals surface area contributed by atoms with Gasteiger partial charge >= 0.3 is 5.97 Å². The molecule has 0 radical (unpaired) electrons. The minimum Gasteiger partial charge on any atom is -0.497 e. The molecule has 31 heavy (non-hydrogen) atoms. The van der Waals surface area contributed by atoms with Crippen molar-refractivity contribution in [3.8, 4) is 22.9 Å². The van der Waals surface area contributed by atoms with Gasteiger partial charge in [0.2, 0.25) is 5.91 Å². The summed E-state index contributed by atoms with van der Waals surface area (Å²) in [5.41, 5.74) is 2.44. The van der Waals surface area contributed by atoms with Crippen molar-refractivity contribution < 1.29 is 28.9 Å². The number of aromatic carboxylic acids is 1. The number of nitrogens with one attached hydrogen (secondary N) is 1. The van der Waals surface area contributed by atoms with E-state index in [1.807, 2.05) is 24.3 Å². The van der Waals surface area contributed by atoms with E-state index in [2.05, 4.69) is 5.32 Å². The number of nitrogens with zero attached hydrogens (tertiary/aromatic N) is 1. The zero-order valence-electron chi connectivity index (χ0n) is 17.3. The van der Waals surface area contributed by atoms with Crippen LogP contribution in [0, 0.1) is 0 Å². The van der Waals surface area contributed by atoms with Gasteiger partial charge in [-0.15, -0.1) is 0 Å². The van der Waals surface area contributed by atoms with Gasteiger partial charge in [0.05, 0.1) is 38.4 Å². The third kappa shape index (κ3) is 3.56. The van der Waals surface area contributed by atoms with Crippen LogP contribution in [0.5, 0.6) is 17.2 Å². The summed E-state index contributed by atoms with van der Waals surface area (Å²) in [6.45, 7) is 0. The number of amides is 1. The third-order valence-electron chi connectivity index (χ3n) is 5.40. The van der Waals surface area contributed by atoms with Crippen LogP contribution in [0.25, 0.3) is 5.69 Å². The predicted molar refractivity (Wildman–Crippen MR) is 114 cm³/mol. The minimum absolute atomic E-state index is 0.00816. The summed E-state index contributed by atoms with van der Waals surface area (Å²) in [6, 6.07) is 12.7. The summed E-state index contributed by atoms with van der Waals surface area (Å²) in [5.74, 6) is 0.0202. The standard InChI is InChI=1S/C23H22N2O6/c1-29-14-6-4-5-13(9-14)16-11-20(26)24-21-17(23(27)28)12-25(22(16)21)18-8-7-15(30-2)10-19(18)31-3/h4-10,12,16H,11H2,1-3H3,(H,24,26)(H,27,28)/t16-/m0/s1. The molecule has 1 aromatic heterocycles. The molecule has 8 nitrogen and oxygen atoms in total. The van der Waals surface area contributed by atoms with Gasteiger partial charge < -0.3 is 29.2 Å². The Balaban J connectivity index is 1.98. The molecule has 0 bridgehead atoms. The van der Waals surface area contributed by atoms with Crippen LogP contribution in [0.4, 0.5) is 5.69 Å². The summed E-state index contributed by atoms with van der Waals surface area (Å²) in [7, 11) is 4.67. The SMILES string of the molecule is COc1cccc([C@@H]2CC(=O)Nc3c(C(=O)O)cn(-c4ccc(OC)cc4OC)c32)c1. The van der Waals surface area contributed by atoms with E-state index >= 15 is 0 Å². The molecule has 1 aliphatic rings. The lowest BCUT2D eigenvalue weighted by Crippen LogP contribution is -2.25. The first kappa shape index (κ1) is 20.3. The summed E-state index contributed by atoms with van der Waals surface area (Å²) >= 11 is 0. The fourth-order valence-electron chi connectivity index (χ4n) is 3.95. The normalized spacial score (nSPS) is 15.1. The van der Waals surface area contributed by atoms with E-state index in [0.717, 1.165) is 5.56 Å². The van der Waals surface area contributed by atoms with Crippen LogP contribution in [0.1, 0.15) is 34.0 Å². The molecule has 8 heteroatoms. The quantitative estimate of drug-likeness (QED) is 0.629. The molecule has 0 fully saturated rings. The first-order chi connectivity index (χ1) is 15.0. The van der Waals surface area contributed by atoms with Gasteiger partial charge in [0, 0.05) is 24.6 Å². The van der Waals surface area contributed by atoms with E-state index < -0.39 is 5.97 Å². The molecule has 2 heterocycles. The molecule has 1 atom stereocenters. The second kappa shape index (κ2) is 8.06. The van der Waals surface area contributed by atoms with Crippen molar-refractivity contribution in [2.24, 2.45) is 0 Å². The number of rotatable bonds is 6. The Hall–Kier alpha value is -3.94. The lowest BCUT2D eigenvalue weighted by molar-refractivity contribution is -0.116. The number of carboxylic acid groups (broad SMARTS) is 1. The Morgan fingerprint density at radius 3 is 2.48 bits per heavy atom. The Morgan fingerprint density at radius 1 is 1.06 bits per heavy atom. The summed E-state index contributed by atoms with van der Waals surface area (Å²) in [4.78, 5) is 24.5. The number of anilines is 1.